The van der Waals surface area contributed by atoms with Gasteiger partial charge < -0.3 is 10.2 Å². The largest absolute Gasteiger partial charge is 0.416 e. The Kier molecular flexibility index (Phi) is 11.2. The highest BCUT2D eigenvalue weighted by molar-refractivity contribution is 7.92. The fourth-order valence-electron chi connectivity index (χ4n) is 4.69. The molecule has 0 saturated carbocycles. The molecule has 3 rings (SSSR count). The number of carbonyl (C=O) groups is 2. The number of amides is 2. The van der Waals surface area contributed by atoms with E-state index >= 15 is 0 Å². The summed E-state index contributed by atoms with van der Waals surface area (Å²) in [5.41, 5.74) is 1.57. The lowest BCUT2D eigenvalue weighted by molar-refractivity contribution is -0.141. The molecule has 1 atom stereocenters. The van der Waals surface area contributed by atoms with Gasteiger partial charge in [-0.05, 0) is 49.6 Å². The van der Waals surface area contributed by atoms with Gasteiger partial charge in [-0.2, -0.15) is 13.2 Å². The second-order valence-electron chi connectivity index (χ2n) is 10.1. The smallest absolute Gasteiger partial charge is 0.355 e. The average Bonchev–Trinajstić information content (AvgIpc) is 2.92. The Morgan fingerprint density at radius 3 is 2.21 bits per heavy atom. The molecule has 0 aliphatic heterocycles. The maximum Gasteiger partial charge on any atom is 0.416 e. The molecule has 11 heteroatoms. The first-order valence-electron chi connectivity index (χ1n) is 13.6. The molecule has 3 aromatic rings. The van der Waals surface area contributed by atoms with Crippen LogP contribution in [0.2, 0.25) is 0 Å². The number of aryl methyl sites for hydroxylation is 1. The Bertz CT molecular complexity index is 1460. The molecule has 1 N–H and O–H groups in total. The highest BCUT2D eigenvalue weighted by Gasteiger charge is 2.32. The molecule has 0 aliphatic carbocycles. The lowest BCUT2D eigenvalue weighted by atomic mass is 10.0. The molecule has 0 fully saturated rings. The molecule has 0 aromatic heterocycles. The van der Waals surface area contributed by atoms with Crippen LogP contribution in [0, 0.1) is 6.92 Å². The van der Waals surface area contributed by atoms with E-state index < -0.39 is 27.8 Å². The summed E-state index contributed by atoms with van der Waals surface area (Å²) in [6.07, 6.45) is -3.56. The van der Waals surface area contributed by atoms with E-state index in [9.17, 15) is 31.2 Å². The summed E-state index contributed by atoms with van der Waals surface area (Å²) in [5, 5.41) is 2.82. The van der Waals surface area contributed by atoms with Gasteiger partial charge in [-0.25, -0.2) is 8.42 Å². The number of likely N-dealkylation sites (N-methyl/N-ethyl adjacent to an activating group) is 1. The van der Waals surface area contributed by atoms with E-state index in [1.54, 1.807) is 6.92 Å². The number of rotatable bonds is 13. The van der Waals surface area contributed by atoms with E-state index in [4.69, 9.17) is 0 Å². The molecular formula is C31H36F3N3O4S. The van der Waals surface area contributed by atoms with Crippen LogP contribution in [0.1, 0.15) is 42.0 Å². The molecule has 0 unspecified atom stereocenters. The first-order valence-corrected chi connectivity index (χ1v) is 15.5. The standard InChI is InChI=1S/C31H36F3N3O4S/c1-4-35-30(39)28(20-24-12-6-5-7-13-24)36(22-25-14-8-11-23(2)19-25)29(38)17-10-18-37(42(3,40)41)27-16-9-15-26(21-27)31(32,33)34/h5-9,11-16,19,21,28H,4,10,17-18,20,22H2,1-3H3,(H,35,39)/t28-/m0/s1. The van der Waals surface area contributed by atoms with Gasteiger partial charge in [0.1, 0.15) is 6.04 Å². The summed E-state index contributed by atoms with van der Waals surface area (Å²) in [6.45, 7) is 4.02. The predicted octanol–water partition coefficient (Wildman–Crippen LogP) is 5.34. The number of nitrogens with one attached hydrogen (secondary N) is 1. The van der Waals surface area contributed by atoms with Gasteiger partial charge in [0.2, 0.25) is 21.8 Å². The van der Waals surface area contributed by atoms with Crippen molar-refractivity contribution in [2.24, 2.45) is 0 Å². The van der Waals surface area contributed by atoms with Crippen LogP contribution in [-0.4, -0.2) is 50.5 Å². The molecule has 0 spiro atoms. The van der Waals surface area contributed by atoms with Gasteiger partial charge in [-0.1, -0.05) is 66.2 Å². The van der Waals surface area contributed by atoms with Gasteiger partial charge in [-0.3, -0.25) is 13.9 Å². The fraction of sp³-hybridized carbons (Fsp3) is 0.355. The fourth-order valence-corrected chi connectivity index (χ4v) is 5.65. The zero-order valence-electron chi connectivity index (χ0n) is 23.9. The first kappa shape index (κ1) is 32.7. The number of hydrogen-bond acceptors (Lipinski definition) is 4. The SMILES string of the molecule is CCNC(=O)[C@H](Cc1ccccc1)N(Cc1cccc(C)c1)C(=O)CCCN(c1cccc(C(F)(F)F)c1)S(C)(=O)=O. The van der Waals surface area contributed by atoms with Crippen LogP contribution in [0.5, 0.6) is 0 Å². The highest BCUT2D eigenvalue weighted by atomic mass is 32.2. The number of benzene rings is 3. The average molecular weight is 604 g/mol. The summed E-state index contributed by atoms with van der Waals surface area (Å²) < 4.78 is 65.8. The Morgan fingerprint density at radius 2 is 1.60 bits per heavy atom. The Balaban J connectivity index is 1.88. The number of halogens is 3. The van der Waals surface area contributed by atoms with E-state index in [2.05, 4.69) is 5.32 Å². The lowest BCUT2D eigenvalue weighted by Gasteiger charge is -2.32. The van der Waals surface area contributed by atoms with Gasteiger partial charge in [0.25, 0.3) is 0 Å². The van der Waals surface area contributed by atoms with Crippen molar-refractivity contribution in [2.45, 2.75) is 51.9 Å². The van der Waals surface area contributed by atoms with Crippen molar-refractivity contribution < 1.29 is 31.2 Å². The second kappa shape index (κ2) is 14.4. The summed E-state index contributed by atoms with van der Waals surface area (Å²) in [5.74, 6) is -0.690. The van der Waals surface area contributed by atoms with Gasteiger partial charge in [-0.15, -0.1) is 0 Å². The summed E-state index contributed by atoms with van der Waals surface area (Å²) in [4.78, 5) is 28.5. The molecule has 0 saturated heterocycles. The zero-order chi connectivity index (χ0) is 30.9. The minimum atomic E-state index is -4.64. The molecule has 2 amide bonds. The van der Waals surface area contributed by atoms with Crippen molar-refractivity contribution in [3.8, 4) is 0 Å². The third-order valence-electron chi connectivity index (χ3n) is 6.67. The summed E-state index contributed by atoms with van der Waals surface area (Å²) in [6, 6.07) is 20.1. The van der Waals surface area contributed by atoms with Crippen molar-refractivity contribution in [1.29, 1.82) is 0 Å². The molecular weight excluding hydrogens is 567 g/mol. The second-order valence-corrected chi connectivity index (χ2v) is 12.0. The van der Waals surface area contributed by atoms with Crippen LogP contribution in [0.3, 0.4) is 0 Å². The van der Waals surface area contributed by atoms with Gasteiger partial charge in [0.15, 0.2) is 0 Å². The van der Waals surface area contributed by atoms with E-state index in [0.717, 1.165) is 45.5 Å². The lowest BCUT2D eigenvalue weighted by Crippen LogP contribution is -2.50. The number of hydrogen-bond donors (Lipinski definition) is 1. The topological polar surface area (TPSA) is 86.8 Å². The van der Waals surface area contributed by atoms with Crippen LogP contribution < -0.4 is 9.62 Å². The van der Waals surface area contributed by atoms with Crippen LogP contribution in [-0.2, 0) is 38.8 Å². The molecule has 0 bridgehead atoms. The van der Waals surface area contributed by atoms with E-state index in [1.807, 2.05) is 61.5 Å². The predicted molar refractivity (Wildman–Crippen MR) is 157 cm³/mol. The third kappa shape index (κ3) is 9.34. The number of anilines is 1. The van der Waals surface area contributed by atoms with E-state index in [0.29, 0.717) is 6.54 Å². The molecule has 0 heterocycles. The molecule has 7 nitrogen and oxygen atoms in total. The summed E-state index contributed by atoms with van der Waals surface area (Å²) >= 11 is 0. The molecule has 3 aromatic carbocycles. The Morgan fingerprint density at radius 1 is 0.929 bits per heavy atom. The van der Waals surface area contributed by atoms with E-state index in [1.165, 1.54) is 11.0 Å². The first-order chi connectivity index (χ1) is 19.8. The van der Waals surface area contributed by atoms with Crippen molar-refractivity contribution >= 4 is 27.5 Å². The number of sulfonamides is 1. The highest BCUT2D eigenvalue weighted by Crippen LogP contribution is 2.32. The van der Waals surface area contributed by atoms with Crippen LogP contribution in [0.25, 0.3) is 0 Å². The Hall–Kier alpha value is -3.86. The zero-order valence-corrected chi connectivity index (χ0v) is 24.7. The van der Waals surface area contributed by atoms with E-state index in [-0.39, 0.29) is 49.9 Å². The van der Waals surface area contributed by atoms with Crippen molar-refractivity contribution in [2.75, 3.05) is 23.7 Å². The minimum absolute atomic E-state index is 0.0277. The summed E-state index contributed by atoms with van der Waals surface area (Å²) in [7, 11) is -3.95. The monoisotopic (exact) mass is 603 g/mol. The Labute approximate surface area is 245 Å². The quantitative estimate of drug-likeness (QED) is 0.286. The van der Waals surface area contributed by atoms with Gasteiger partial charge in [0.05, 0.1) is 17.5 Å². The molecule has 42 heavy (non-hydrogen) atoms. The number of alkyl halides is 3. The van der Waals surface area contributed by atoms with Crippen LogP contribution >= 0.6 is 0 Å². The van der Waals surface area contributed by atoms with Gasteiger partial charge >= 0.3 is 6.18 Å². The number of nitrogens with zero attached hydrogens (tertiary/aromatic N) is 2. The molecule has 0 radical (unpaired) electrons. The molecule has 0 aliphatic rings. The van der Waals surface area contributed by atoms with Crippen LogP contribution in [0.4, 0.5) is 18.9 Å². The van der Waals surface area contributed by atoms with Crippen molar-refractivity contribution in [3.05, 3.63) is 101 Å². The van der Waals surface area contributed by atoms with Crippen LogP contribution in [0.15, 0.2) is 78.9 Å². The normalized spacial score (nSPS) is 12.4. The number of carbonyl (C=O) groups excluding carboxylic acids is 2. The van der Waals surface area contributed by atoms with Crippen molar-refractivity contribution in [1.82, 2.24) is 10.2 Å². The maximum absolute atomic E-state index is 13.8. The maximum atomic E-state index is 13.8. The van der Waals surface area contributed by atoms with Crippen molar-refractivity contribution in [3.63, 3.8) is 0 Å². The van der Waals surface area contributed by atoms with Gasteiger partial charge in [0, 0.05) is 32.5 Å². The minimum Gasteiger partial charge on any atom is -0.355 e. The third-order valence-corrected chi connectivity index (χ3v) is 7.87. The molecule has 226 valence electrons.